The van der Waals surface area contributed by atoms with E-state index in [0.717, 1.165) is 13.1 Å². The quantitative estimate of drug-likeness (QED) is 0.865. The van der Waals surface area contributed by atoms with Crippen molar-refractivity contribution < 1.29 is 4.79 Å². The van der Waals surface area contributed by atoms with Gasteiger partial charge in [-0.05, 0) is 63.8 Å². The Labute approximate surface area is 123 Å². The number of nitrogens with zero attached hydrogens (tertiary/aromatic N) is 1. The van der Waals surface area contributed by atoms with Gasteiger partial charge >= 0.3 is 0 Å². The van der Waals surface area contributed by atoms with E-state index in [1.807, 2.05) is 18.7 Å². The number of benzene rings is 1. The Hall–Kier alpha value is -1.35. The minimum atomic E-state index is 0.170. The third-order valence-corrected chi connectivity index (χ3v) is 4.02. The lowest BCUT2D eigenvalue weighted by Crippen LogP contribution is -2.38. The first kappa shape index (κ1) is 16.7. The predicted octanol–water partition coefficient (Wildman–Crippen LogP) is 3.13. The molecule has 0 aliphatic carbocycles. The van der Waals surface area contributed by atoms with Crippen LogP contribution in [0.4, 0.5) is 0 Å². The van der Waals surface area contributed by atoms with Gasteiger partial charge in [0.2, 0.25) is 5.91 Å². The molecule has 1 aromatic carbocycles. The summed E-state index contributed by atoms with van der Waals surface area (Å²) in [6.07, 6.45) is 0. The molecule has 3 nitrogen and oxygen atoms in total. The monoisotopic (exact) mass is 276 g/mol. The average Bonchev–Trinajstić information content (AvgIpc) is 2.41. The Morgan fingerprint density at radius 3 is 2.20 bits per heavy atom. The van der Waals surface area contributed by atoms with Crippen LogP contribution in [0.2, 0.25) is 0 Å². The van der Waals surface area contributed by atoms with Crippen LogP contribution in [0, 0.1) is 20.8 Å². The molecule has 0 saturated heterocycles. The van der Waals surface area contributed by atoms with Crippen molar-refractivity contribution in [3.63, 3.8) is 0 Å². The summed E-state index contributed by atoms with van der Waals surface area (Å²) in [6.45, 7) is 14.5. The molecule has 112 valence electrons. The van der Waals surface area contributed by atoms with Gasteiger partial charge in [0.1, 0.15) is 0 Å². The number of likely N-dealkylation sites (N-methyl/N-ethyl adjacent to an activating group) is 1. The summed E-state index contributed by atoms with van der Waals surface area (Å²) in [5.74, 6) is 0.170. The molecule has 0 aromatic heterocycles. The predicted molar refractivity (Wildman–Crippen MR) is 85.0 cm³/mol. The summed E-state index contributed by atoms with van der Waals surface area (Å²) in [4.78, 5) is 13.9. The van der Waals surface area contributed by atoms with Crippen LogP contribution in [0.1, 0.15) is 49.1 Å². The van der Waals surface area contributed by atoms with Crippen LogP contribution in [0.3, 0.4) is 0 Å². The molecule has 20 heavy (non-hydrogen) atoms. The van der Waals surface area contributed by atoms with Crippen LogP contribution in [-0.4, -0.2) is 30.4 Å². The van der Waals surface area contributed by atoms with E-state index in [0.29, 0.717) is 6.54 Å². The molecule has 0 aliphatic heterocycles. The highest BCUT2D eigenvalue weighted by molar-refractivity contribution is 5.78. The maximum absolute atomic E-state index is 12.0. The van der Waals surface area contributed by atoms with E-state index in [4.69, 9.17) is 0 Å². The fourth-order valence-electron chi connectivity index (χ4n) is 2.49. The number of hydrogen-bond donors (Lipinski definition) is 1. The first-order chi connectivity index (χ1) is 9.40. The second-order valence-corrected chi connectivity index (χ2v) is 5.46. The van der Waals surface area contributed by atoms with Gasteiger partial charge in [-0.1, -0.05) is 12.1 Å². The van der Waals surface area contributed by atoms with Crippen molar-refractivity contribution in [3.8, 4) is 0 Å². The van der Waals surface area contributed by atoms with Crippen LogP contribution < -0.4 is 5.32 Å². The van der Waals surface area contributed by atoms with Crippen LogP contribution in [0.15, 0.2) is 12.1 Å². The normalized spacial score (nSPS) is 12.3. The Balaban J connectivity index is 2.70. The molecule has 0 spiro atoms. The van der Waals surface area contributed by atoms with Crippen molar-refractivity contribution in [1.82, 2.24) is 10.2 Å². The lowest BCUT2D eigenvalue weighted by atomic mass is 9.96. The van der Waals surface area contributed by atoms with Gasteiger partial charge in [-0.25, -0.2) is 0 Å². The molecule has 0 saturated carbocycles. The third-order valence-electron chi connectivity index (χ3n) is 4.02. The van der Waals surface area contributed by atoms with Gasteiger partial charge in [0, 0.05) is 19.1 Å². The van der Waals surface area contributed by atoms with E-state index in [1.54, 1.807) is 0 Å². The Morgan fingerprint density at radius 2 is 1.65 bits per heavy atom. The van der Waals surface area contributed by atoms with Crippen LogP contribution >= 0.6 is 0 Å². The summed E-state index contributed by atoms with van der Waals surface area (Å²) in [5, 5.41) is 3.34. The van der Waals surface area contributed by atoms with Gasteiger partial charge in [-0.15, -0.1) is 0 Å². The molecule has 0 aliphatic rings. The number of hydrogen-bond acceptors (Lipinski definition) is 2. The van der Waals surface area contributed by atoms with Gasteiger partial charge in [0.25, 0.3) is 0 Å². The summed E-state index contributed by atoms with van der Waals surface area (Å²) in [6, 6.07) is 4.63. The number of carbonyl (C=O) groups excluding carboxylic acids is 1. The molecule has 3 heteroatoms. The van der Waals surface area contributed by atoms with Crippen molar-refractivity contribution in [2.24, 2.45) is 0 Å². The molecule has 1 atom stereocenters. The van der Waals surface area contributed by atoms with Crippen LogP contribution in [-0.2, 0) is 4.79 Å². The molecular weight excluding hydrogens is 248 g/mol. The van der Waals surface area contributed by atoms with Crippen molar-refractivity contribution in [2.75, 3.05) is 19.6 Å². The summed E-state index contributed by atoms with van der Waals surface area (Å²) in [7, 11) is 0. The van der Waals surface area contributed by atoms with Crippen LogP contribution in [0.25, 0.3) is 0 Å². The smallest absolute Gasteiger partial charge is 0.236 e. The highest BCUT2D eigenvalue weighted by atomic mass is 16.2. The van der Waals surface area contributed by atoms with Crippen molar-refractivity contribution in [2.45, 2.75) is 47.6 Å². The SMILES string of the molecule is CCN(CC)C(=O)CNC(C)c1cc(C)c(C)cc1C. The Morgan fingerprint density at radius 1 is 1.10 bits per heavy atom. The number of amides is 1. The maximum Gasteiger partial charge on any atom is 0.236 e. The zero-order chi connectivity index (χ0) is 15.3. The van der Waals surface area contributed by atoms with Gasteiger partial charge < -0.3 is 10.2 Å². The lowest BCUT2D eigenvalue weighted by Gasteiger charge is -2.22. The number of rotatable bonds is 6. The van der Waals surface area contributed by atoms with E-state index in [2.05, 4.69) is 45.1 Å². The van der Waals surface area contributed by atoms with Gasteiger partial charge in [-0.3, -0.25) is 4.79 Å². The van der Waals surface area contributed by atoms with Gasteiger partial charge in [0.05, 0.1) is 6.54 Å². The van der Waals surface area contributed by atoms with Crippen molar-refractivity contribution >= 4 is 5.91 Å². The van der Waals surface area contributed by atoms with Crippen molar-refractivity contribution in [1.29, 1.82) is 0 Å². The minimum absolute atomic E-state index is 0.170. The van der Waals surface area contributed by atoms with E-state index < -0.39 is 0 Å². The first-order valence-corrected chi connectivity index (χ1v) is 7.49. The molecule has 1 amide bonds. The summed E-state index contributed by atoms with van der Waals surface area (Å²) in [5.41, 5.74) is 5.18. The topological polar surface area (TPSA) is 32.3 Å². The van der Waals surface area contributed by atoms with Crippen molar-refractivity contribution in [3.05, 3.63) is 34.4 Å². The van der Waals surface area contributed by atoms with E-state index in [9.17, 15) is 4.79 Å². The van der Waals surface area contributed by atoms with Gasteiger partial charge in [0.15, 0.2) is 0 Å². The molecule has 1 aromatic rings. The third kappa shape index (κ3) is 4.07. The number of carbonyl (C=O) groups is 1. The molecule has 0 radical (unpaired) electrons. The summed E-state index contributed by atoms with van der Waals surface area (Å²) < 4.78 is 0. The molecule has 1 unspecified atom stereocenters. The standard InChI is InChI=1S/C17H28N2O/c1-7-19(8-2)17(20)11-18-15(6)16-10-13(4)12(3)9-14(16)5/h9-10,15,18H,7-8,11H2,1-6H3. The molecule has 0 fully saturated rings. The van der Waals surface area contributed by atoms with E-state index in [1.165, 1.54) is 22.3 Å². The molecule has 1 N–H and O–H groups in total. The second kappa shape index (κ2) is 7.44. The molecule has 0 heterocycles. The fourth-order valence-corrected chi connectivity index (χ4v) is 2.49. The fraction of sp³-hybridized carbons (Fsp3) is 0.588. The maximum atomic E-state index is 12.0. The van der Waals surface area contributed by atoms with E-state index in [-0.39, 0.29) is 11.9 Å². The van der Waals surface area contributed by atoms with Gasteiger partial charge in [-0.2, -0.15) is 0 Å². The number of nitrogens with one attached hydrogen (secondary N) is 1. The molecule has 0 bridgehead atoms. The molecular formula is C17H28N2O. The highest BCUT2D eigenvalue weighted by Gasteiger charge is 2.13. The van der Waals surface area contributed by atoms with E-state index >= 15 is 0 Å². The lowest BCUT2D eigenvalue weighted by molar-refractivity contribution is -0.129. The Bertz CT molecular complexity index is 464. The zero-order valence-corrected chi connectivity index (χ0v) is 13.7. The number of aryl methyl sites for hydroxylation is 3. The second-order valence-electron chi connectivity index (χ2n) is 5.46. The zero-order valence-electron chi connectivity index (χ0n) is 13.7. The van der Waals surface area contributed by atoms with Crippen LogP contribution in [0.5, 0.6) is 0 Å². The largest absolute Gasteiger partial charge is 0.342 e. The highest BCUT2D eigenvalue weighted by Crippen LogP contribution is 2.21. The minimum Gasteiger partial charge on any atom is -0.342 e. The summed E-state index contributed by atoms with van der Waals surface area (Å²) >= 11 is 0. The molecule has 1 rings (SSSR count). The average molecular weight is 276 g/mol. The Kier molecular flexibility index (Phi) is 6.21. The first-order valence-electron chi connectivity index (χ1n) is 7.49.